The van der Waals surface area contributed by atoms with E-state index in [4.69, 9.17) is 14.6 Å². The Labute approximate surface area is 139 Å². The van der Waals surface area contributed by atoms with Crippen LogP contribution < -0.4 is 0 Å². The number of carbonyl (C=O) groups excluding carboxylic acids is 1. The SMILES string of the molecule is CCC(O)OC(OC(C(O)CO)C(O)C(O)C(C)=O)C(O)C(C)O. The molecule has 0 spiro atoms. The minimum absolute atomic E-state index is 0.109. The zero-order chi connectivity index (χ0) is 19.0. The van der Waals surface area contributed by atoms with Crippen LogP contribution in [0.5, 0.6) is 0 Å². The molecule has 0 saturated carbocycles. The number of aliphatic hydroxyl groups is 7. The molecule has 0 aliphatic heterocycles. The fourth-order valence-electron chi connectivity index (χ4n) is 1.75. The fourth-order valence-corrected chi connectivity index (χ4v) is 1.75. The summed E-state index contributed by atoms with van der Waals surface area (Å²) in [5.74, 6) is -0.816. The molecule has 144 valence electrons. The lowest BCUT2D eigenvalue weighted by Gasteiger charge is -2.35. The van der Waals surface area contributed by atoms with Crippen LogP contribution in [-0.4, -0.2) is 97.3 Å². The van der Waals surface area contributed by atoms with Gasteiger partial charge in [-0.1, -0.05) is 6.92 Å². The molecule has 0 heterocycles. The van der Waals surface area contributed by atoms with Gasteiger partial charge in [-0.25, -0.2) is 0 Å². The highest BCUT2D eigenvalue weighted by molar-refractivity contribution is 5.80. The van der Waals surface area contributed by atoms with Crippen LogP contribution >= 0.6 is 0 Å². The Morgan fingerprint density at radius 1 is 1.00 bits per heavy atom. The lowest BCUT2D eigenvalue weighted by molar-refractivity contribution is -0.305. The van der Waals surface area contributed by atoms with Crippen molar-refractivity contribution in [2.24, 2.45) is 0 Å². The molecule has 0 aliphatic carbocycles. The molecule has 10 nitrogen and oxygen atoms in total. The molecule has 0 aromatic heterocycles. The lowest BCUT2D eigenvalue weighted by Crippen LogP contribution is -2.54. The average molecular weight is 356 g/mol. The van der Waals surface area contributed by atoms with Crippen molar-refractivity contribution in [3.63, 3.8) is 0 Å². The summed E-state index contributed by atoms with van der Waals surface area (Å²) in [6.45, 7) is 2.88. The van der Waals surface area contributed by atoms with Crippen LogP contribution in [0.2, 0.25) is 0 Å². The molecule has 0 aliphatic rings. The molecule has 0 rings (SSSR count). The van der Waals surface area contributed by atoms with Gasteiger partial charge in [-0.2, -0.15) is 0 Å². The molecule has 0 saturated heterocycles. The molecule has 8 unspecified atom stereocenters. The smallest absolute Gasteiger partial charge is 0.189 e. The first-order chi connectivity index (χ1) is 11.1. The van der Waals surface area contributed by atoms with E-state index >= 15 is 0 Å². The van der Waals surface area contributed by atoms with Gasteiger partial charge >= 0.3 is 0 Å². The lowest BCUT2D eigenvalue weighted by atomic mass is 10.0. The van der Waals surface area contributed by atoms with Crippen LogP contribution in [0.4, 0.5) is 0 Å². The number of ketones is 1. The summed E-state index contributed by atoms with van der Waals surface area (Å²) in [5, 5.41) is 67.3. The van der Waals surface area contributed by atoms with Crippen molar-refractivity contribution in [2.45, 2.75) is 76.4 Å². The van der Waals surface area contributed by atoms with Gasteiger partial charge in [-0.05, 0) is 20.3 Å². The molecule has 0 amide bonds. The predicted molar refractivity (Wildman–Crippen MR) is 79.5 cm³/mol. The van der Waals surface area contributed by atoms with Crippen LogP contribution in [0.3, 0.4) is 0 Å². The van der Waals surface area contributed by atoms with Crippen LogP contribution in [0.1, 0.15) is 27.2 Å². The van der Waals surface area contributed by atoms with E-state index in [1.807, 2.05) is 0 Å². The van der Waals surface area contributed by atoms with E-state index < -0.39 is 61.6 Å². The van der Waals surface area contributed by atoms with Gasteiger partial charge in [0, 0.05) is 0 Å². The van der Waals surface area contributed by atoms with Crippen molar-refractivity contribution in [3.8, 4) is 0 Å². The molecule has 0 aromatic carbocycles. The molecule has 0 bridgehead atoms. The molecule has 0 aromatic rings. The summed E-state index contributed by atoms with van der Waals surface area (Å²) in [6, 6.07) is 0. The van der Waals surface area contributed by atoms with Gasteiger partial charge < -0.3 is 45.2 Å². The summed E-state index contributed by atoms with van der Waals surface area (Å²) < 4.78 is 10.2. The van der Waals surface area contributed by atoms with Crippen molar-refractivity contribution in [1.82, 2.24) is 0 Å². The molecule has 8 atom stereocenters. The van der Waals surface area contributed by atoms with Crippen molar-refractivity contribution in [1.29, 1.82) is 0 Å². The van der Waals surface area contributed by atoms with Gasteiger partial charge in [-0.3, -0.25) is 4.79 Å². The number of aliphatic hydroxyl groups excluding tert-OH is 7. The predicted octanol–water partition coefficient (Wildman–Crippen LogP) is -3.15. The molecule has 10 heteroatoms. The highest BCUT2D eigenvalue weighted by Gasteiger charge is 2.39. The monoisotopic (exact) mass is 356 g/mol. The number of ether oxygens (including phenoxy) is 2. The number of hydrogen-bond donors (Lipinski definition) is 7. The number of Topliss-reactive ketones (excluding diaryl/α,β-unsaturated/α-hetero) is 1. The minimum atomic E-state index is -1.95. The Balaban J connectivity index is 5.37. The summed E-state index contributed by atoms with van der Waals surface area (Å²) in [4.78, 5) is 11.2. The normalized spacial score (nSPS) is 22.1. The molecule has 0 fully saturated rings. The van der Waals surface area contributed by atoms with Gasteiger partial charge in [0.05, 0.1) is 12.7 Å². The van der Waals surface area contributed by atoms with E-state index in [0.717, 1.165) is 6.92 Å². The van der Waals surface area contributed by atoms with Crippen molar-refractivity contribution < 1.29 is 50.0 Å². The second-order valence-electron chi connectivity index (χ2n) is 5.50. The summed E-state index contributed by atoms with van der Waals surface area (Å²) in [6.07, 6.45) is -13.4. The minimum Gasteiger partial charge on any atom is -0.394 e. The zero-order valence-corrected chi connectivity index (χ0v) is 13.9. The fraction of sp³-hybridized carbons (Fsp3) is 0.929. The van der Waals surface area contributed by atoms with Crippen LogP contribution in [-0.2, 0) is 14.3 Å². The first-order valence-electron chi connectivity index (χ1n) is 7.57. The first kappa shape index (κ1) is 23.3. The van der Waals surface area contributed by atoms with Gasteiger partial charge in [0.2, 0.25) is 0 Å². The zero-order valence-electron chi connectivity index (χ0n) is 13.9. The molecule has 7 N–H and O–H groups in total. The van der Waals surface area contributed by atoms with Gasteiger partial charge in [0.1, 0.15) is 30.5 Å². The Morgan fingerprint density at radius 2 is 1.54 bits per heavy atom. The third-order valence-corrected chi connectivity index (χ3v) is 3.35. The van der Waals surface area contributed by atoms with E-state index in [9.17, 15) is 35.4 Å². The van der Waals surface area contributed by atoms with Crippen LogP contribution in [0.15, 0.2) is 0 Å². The Kier molecular flexibility index (Phi) is 10.7. The van der Waals surface area contributed by atoms with Crippen LogP contribution in [0, 0.1) is 0 Å². The standard InChI is InChI=1S/C14H28O10/c1-4-9(19)23-14(11(21)7(3)17)24-13(8(18)5-15)12(22)10(20)6(2)16/h7-15,17-22H,4-5H2,1-3H3. The van der Waals surface area contributed by atoms with Crippen molar-refractivity contribution >= 4 is 5.78 Å². The largest absolute Gasteiger partial charge is 0.394 e. The summed E-state index contributed by atoms with van der Waals surface area (Å²) in [7, 11) is 0. The number of carbonyl (C=O) groups is 1. The Morgan fingerprint density at radius 3 is 1.92 bits per heavy atom. The average Bonchev–Trinajstić information content (AvgIpc) is 2.55. The topological polar surface area (TPSA) is 177 Å². The second-order valence-corrected chi connectivity index (χ2v) is 5.50. The van der Waals surface area contributed by atoms with E-state index in [2.05, 4.69) is 0 Å². The third kappa shape index (κ3) is 7.05. The maximum Gasteiger partial charge on any atom is 0.189 e. The summed E-state index contributed by atoms with van der Waals surface area (Å²) in [5.41, 5.74) is 0. The molecular weight excluding hydrogens is 328 g/mol. The van der Waals surface area contributed by atoms with E-state index in [1.165, 1.54) is 6.92 Å². The molecule has 24 heavy (non-hydrogen) atoms. The summed E-state index contributed by atoms with van der Waals surface area (Å²) >= 11 is 0. The molecule has 0 radical (unpaired) electrons. The maximum absolute atomic E-state index is 11.2. The highest BCUT2D eigenvalue weighted by Crippen LogP contribution is 2.18. The Bertz CT molecular complexity index is 363. The van der Waals surface area contributed by atoms with E-state index in [-0.39, 0.29) is 6.42 Å². The van der Waals surface area contributed by atoms with E-state index in [1.54, 1.807) is 6.92 Å². The van der Waals surface area contributed by atoms with Crippen molar-refractivity contribution in [3.05, 3.63) is 0 Å². The van der Waals surface area contributed by atoms with Gasteiger partial charge in [-0.15, -0.1) is 0 Å². The van der Waals surface area contributed by atoms with Crippen LogP contribution in [0.25, 0.3) is 0 Å². The third-order valence-electron chi connectivity index (χ3n) is 3.35. The Hall–Kier alpha value is -0.690. The number of rotatable bonds is 12. The maximum atomic E-state index is 11.2. The highest BCUT2D eigenvalue weighted by atomic mass is 16.7. The number of hydrogen-bond acceptors (Lipinski definition) is 10. The van der Waals surface area contributed by atoms with Crippen molar-refractivity contribution in [2.75, 3.05) is 6.61 Å². The van der Waals surface area contributed by atoms with E-state index in [0.29, 0.717) is 0 Å². The van der Waals surface area contributed by atoms with Gasteiger partial charge in [0.15, 0.2) is 18.4 Å². The second kappa shape index (κ2) is 11.0. The first-order valence-corrected chi connectivity index (χ1v) is 7.57. The van der Waals surface area contributed by atoms with Gasteiger partial charge in [0.25, 0.3) is 0 Å². The molecular formula is C14H28O10. The quantitative estimate of drug-likeness (QED) is 0.177.